The third-order valence-corrected chi connectivity index (χ3v) is 3.94. The molecule has 0 bridgehead atoms. The average molecular weight is 246 g/mol. The summed E-state index contributed by atoms with van der Waals surface area (Å²) in [6.45, 7) is 5.46. The molecule has 3 nitrogen and oxygen atoms in total. The minimum Gasteiger partial charge on any atom is -0.493 e. The summed E-state index contributed by atoms with van der Waals surface area (Å²) in [6.07, 6.45) is 2.39. The normalized spacial score (nSPS) is 22.2. The zero-order valence-corrected chi connectivity index (χ0v) is 11.1. The van der Waals surface area contributed by atoms with Crippen LogP contribution in [-0.2, 0) is 13.0 Å². The summed E-state index contributed by atoms with van der Waals surface area (Å²) >= 11 is 0. The first-order chi connectivity index (χ1) is 8.81. The molecule has 18 heavy (non-hydrogen) atoms. The molecule has 1 unspecified atom stereocenters. The molecule has 1 N–H and O–H groups in total. The van der Waals surface area contributed by atoms with Crippen molar-refractivity contribution < 1.29 is 4.74 Å². The number of nitrogens with zero attached hydrogens (tertiary/aromatic N) is 1. The minimum absolute atomic E-state index is 0.827. The lowest BCUT2D eigenvalue weighted by atomic mass is 10.1. The maximum atomic E-state index is 5.54. The summed E-state index contributed by atoms with van der Waals surface area (Å²) in [5, 5.41) is 3.43. The van der Waals surface area contributed by atoms with Crippen LogP contribution >= 0.6 is 0 Å². The Morgan fingerprint density at radius 1 is 1.44 bits per heavy atom. The third-order valence-electron chi connectivity index (χ3n) is 3.94. The van der Waals surface area contributed by atoms with E-state index in [9.17, 15) is 0 Å². The van der Waals surface area contributed by atoms with Crippen LogP contribution in [0, 0.1) is 5.92 Å². The Morgan fingerprint density at radius 2 is 2.39 bits per heavy atom. The molecule has 0 spiro atoms. The van der Waals surface area contributed by atoms with Crippen LogP contribution < -0.4 is 10.1 Å². The molecule has 0 radical (unpaired) electrons. The van der Waals surface area contributed by atoms with Gasteiger partial charge in [-0.25, -0.2) is 0 Å². The quantitative estimate of drug-likeness (QED) is 0.874. The van der Waals surface area contributed by atoms with Gasteiger partial charge in [-0.15, -0.1) is 0 Å². The molecule has 0 saturated carbocycles. The van der Waals surface area contributed by atoms with Crippen molar-refractivity contribution in [1.29, 1.82) is 0 Å². The van der Waals surface area contributed by atoms with Crippen LogP contribution in [0.1, 0.15) is 17.5 Å². The highest BCUT2D eigenvalue weighted by atomic mass is 16.5. The second-order valence-corrected chi connectivity index (χ2v) is 5.60. The van der Waals surface area contributed by atoms with Crippen molar-refractivity contribution in [1.82, 2.24) is 10.2 Å². The number of rotatable bonds is 4. The van der Waals surface area contributed by atoms with Crippen LogP contribution in [0.25, 0.3) is 0 Å². The maximum absolute atomic E-state index is 5.54. The monoisotopic (exact) mass is 246 g/mol. The molecule has 98 valence electrons. The van der Waals surface area contributed by atoms with E-state index in [1.807, 2.05) is 0 Å². The van der Waals surface area contributed by atoms with Crippen LogP contribution in [0.15, 0.2) is 18.2 Å². The van der Waals surface area contributed by atoms with E-state index in [4.69, 9.17) is 4.74 Å². The summed E-state index contributed by atoms with van der Waals surface area (Å²) in [7, 11) is 2.22. The Kier molecular flexibility index (Phi) is 3.52. The smallest absolute Gasteiger partial charge is 0.122 e. The van der Waals surface area contributed by atoms with E-state index in [2.05, 4.69) is 35.5 Å². The van der Waals surface area contributed by atoms with Crippen molar-refractivity contribution >= 4 is 0 Å². The van der Waals surface area contributed by atoms with Crippen molar-refractivity contribution in [3.63, 3.8) is 0 Å². The summed E-state index contributed by atoms with van der Waals surface area (Å²) < 4.78 is 5.54. The summed E-state index contributed by atoms with van der Waals surface area (Å²) in [6, 6.07) is 6.64. The minimum atomic E-state index is 0.827. The van der Waals surface area contributed by atoms with Gasteiger partial charge in [0.15, 0.2) is 0 Å². The molecule has 3 rings (SSSR count). The van der Waals surface area contributed by atoms with Gasteiger partial charge in [0.25, 0.3) is 0 Å². The fourth-order valence-corrected chi connectivity index (χ4v) is 3.03. The fraction of sp³-hybridized carbons (Fsp3) is 0.600. The Hall–Kier alpha value is -1.06. The molecule has 0 aromatic heterocycles. The van der Waals surface area contributed by atoms with Gasteiger partial charge < -0.3 is 15.0 Å². The van der Waals surface area contributed by atoms with Gasteiger partial charge in [0.05, 0.1) is 6.61 Å². The largest absolute Gasteiger partial charge is 0.493 e. The Morgan fingerprint density at radius 3 is 3.22 bits per heavy atom. The summed E-state index contributed by atoms with van der Waals surface area (Å²) in [4.78, 5) is 2.44. The summed E-state index contributed by atoms with van der Waals surface area (Å²) in [5.41, 5.74) is 2.79. The molecule has 2 heterocycles. The Balaban J connectivity index is 1.58. The SMILES string of the molecule is CN(Cc1ccc2c(c1)CCO2)CC1CCNC1. The number of hydrogen-bond acceptors (Lipinski definition) is 3. The first-order valence-corrected chi connectivity index (χ1v) is 6.95. The van der Waals surface area contributed by atoms with Crippen molar-refractivity contribution in [2.24, 2.45) is 5.92 Å². The standard InChI is InChI=1S/C15H22N2O/c1-17(11-13-4-6-16-9-13)10-12-2-3-15-14(8-12)5-7-18-15/h2-3,8,13,16H,4-7,9-11H2,1H3. The van der Waals surface area contributed by atoms with E-state index in [1.54, 1.807) is 0 Å². The van der Waals surface area contributed by atoms with Crippen molar-refractivity contribution in [2.75, 3.05) is 33.3 Å². The van der Waals surface area contributed by atoms with Gasteiger partial charge >= 0.3 is 0 Å². The van der Waals surface area contributed by atoms with E-state index < -0.39 is 0 Å². The molecule has 2 aliphatic rings. The second kappa shape index (κ2) is 5.29. The highest BCUT2D eigenvalue weighted by molar-refractivity contribution is 5.39. The fourth-order valence-electron chi connectivity index (χ4n) is 3.03. The van der Waals surface area contributed by atoms with Crippen LogP contribution in [0.2, 0.25) is 0 Å². The lowest BCUT2D eigenvalue weighted by molar-refractivity contribution is 0.278. The van der Waals surface area contributed by atoms with E-state index in [1.165, 1.54) is 37.2 Å². The first kappa shape index (κ1) is 12.0. The van der Waals surface area contributed by atoms with E-state index in [-0.39, 0.29) is 0 Å². The van der Waals surface area contributed by atoms with Gasteiger partial charge in [-0.1, -0.05) is 12.1 Å². The van der Waals surface area contributed by atoms with E-state index in [0.29, 0.717) is 0 Å². The zero-order chi connectivity index (χ0) is 12.4. The van der Waals surface area contributed by atoms with Gasteiger partial charge in [0.1, 0.15) is 5.75 Å². The van der Waals surface area contributed by atoms with Crippen molar-refractivity contribution in [3.8, 4) is 5.75 Å². The molecular weight excluding hydrogens is 224 g/mol. The molecule has 1 saturated heterocycles. The lowest BCUT2D eigenvalue weighted by Crippen LogP contribution is -2.26. The van der Waals surface area contributed by atoms with E-state index >= 15 is 0 Å². The van der Waals surface area contributed by atoms with Crippen LogP contribution in [-0.4, -0.2) is 38.2 Å². The molecule has 3 heteroatoms. The molecule has 2 aliphatic heterocycles. The number of ether oxygens (including phenoxy) is 1. The Bertz CT molecular complexity index is 413. The zero-order valence-electron chi connectivity index (χ0n) is 11.1. The second-order valence-electron chi connectivity index (χ2n) is 5.60. The van der Waals surface area contributed by atoms with Crippen LogP contribution in [0.4, 0.5) is 0 Å². The van der Waals surface area contributed by atoms with Gasteiger partial charge in [0.2, 0.25) is 0 Å². The summed E-state index contributed by atoms with van der Waals surface area (Å²) in [5.74, 6) is 1.91. The number of nitrogens with one attached hydrogen (secondary N) is 1. The van der Waals surface area contributed by atoms with Crippen LogP contribution in [0.3, 0.4) is 0 Å². The molecule has 1 aromatic rings. The van der Waals surface area contributed by atoms with Crippen molar-refractivity contribution in [2.45, 2.75) is 19.4 Å². The molecular formula is C15H22N2O. The highest BCUT2D eigenvalue weighted by Gasteiger charge is 2.17. The average Bonchev–Trinajstić information content (AvgIpc) is 2.98. The van der Waals surface area contributed by atoms with Gasteiger partial charge in [0, 0.05) is 19.5 Å². The number of fused-ring (bicyclic) bond motifs is 1. The molecule has 0 aliphatic carbocycles. The van der Waals surface area contributed by atoms with Crippen molar-refractivity contribution in [3.05, 3.63) is 29.3 Å². The van der Waals surface area contributed by atoms with E-state index in [0.717, 1.165) is 31.2 Å². The van der Waals surface area contributed by atoms with Gasteiger partial charge in [-0.05, 0) is 49.7 Å². The number of hydrogen-bond donors (Lipinski definition) is 1. The van der Waals surface area contributed by atoms with Gasteiger partial charge in [-0.3, -0.25) is 0 Å². The van der Waals surface area contributed by atoms with Gasteiger partial charge in [-0.2, -0.15) is 0 Å². The third kappa shape index (κ3) is 2.68. The molecule has 1 fully saturated rings. The topological polar surface area (TPSA) is 24.5 Å². The molecule has 1 aromatic carbocycles. The highest BCUT2D eigenvalue weighted by Crippen LogP contribution is 2.26. The maximum Gasteiger partial charge on any atom is 0.122 e. The first-order valence-electron chi connectivity index (χ1n) is 6.95. The predicted molar refractivity (Wildman–Crippen MR) is 73.0 cm³/mol. The number of benzene rings is 1. The van der Waals surface area contributed by atoms with Crippen LogP contribution in [0.5, 0.6) is 5.75 Å². The molecule has 1 atom stereocenters. The molecule has 0 amide bonds. The lowest BCUT2D eigenvalue weighted by Gasteiger charge is -2.20. The Labute approximate surface area is 109 Å². The predicted octanol–water partition coefficient (Wildman–Crippen LogP) is 1.66.